The first-order valence-corrected chi connectivity index (χ1v) is 6.55. The van der Waals surface area contributed by atoms with Gasteiger partial charge in [-0.15, -0.1) is 0 Å². The number of hydrogen-bond donors (Lipinski definition) is 0. The highest BCUT2D eigenvalue weighted by atomic mass is 35.5. The van der Waals surface area contributed by atoms with Gasteiger partial charge in [0.2, 0.25) is 5.24 Å². The molecule has 0 spiro atoms. The molecule has 3 nitrogen and oxygen atoms in total. The molecule has 1 atom stereocenters. The Labute approximate surface area is 113 Å². The van der Waals surface area contributed by atoms with E-state index < -0.39 is 23.2 Å². The van der Waals surface area contributed by atoms with E-state index in [1.807, 2.05) is 0 Å². The van der Waals surface area contributed by atoms with Gasteiger partial charge < -0.3 is 4.57 Å². The normalized spacial score (nSPS) is 18.7. The quantitative estimate of drug-likeness (QED) is 0.792. The zero-order chi connectivity index (χ0) is 14.0. The van der Waals surface area contributed by atoms with Gasteiger partial charge in [-0.05, 0) is 23.9 Å². The molecule has 0 saturated heterocycles. The molecule has 1 aromatic rings. The van der Waals surface area contributed by atoms with E-state index in [0.29, 0.717) is 12.3 Å². The molecule has 1 aliphatic carbocycles. The second kappa shape index (κ2) is 5.53. The third-order valence-corrected chi connectivity index (χ3v) is 3.80. The van der Waals surface area contributed by atoms with E-state index in [4.69, 9.17) is 11.6 Å². The lowest BCUT2D eigenvalue weighted by Gasteiger charge is -2.18. The van der Waals surface area contributed by atoms with Crippen LogP contribution in [0.4, 0.5) is 13.2 Å². The summed E-state index contributed by atoms with van der Waals surface area (Å²) >= 11 is 5.51. The number of hydrogen-bond acceptors (Lipinski definition) is 2. The Morgan fingerprint density at radius 2 is 2.11 bits per heavy atom. The van der Waals surface area contributed by atoms with Crippen molar-refractivity contribution in [2.24, 2.45) is 5.92 Å². The van der Waals surface area contributed by atoms with Crippen LogP contribution in [-0.2, 0) is 11.0 Å². The van der Waals surface area contributed by atoms with Crippen molar-refractivity contribution in [3.05, 3.63) is 18.2 Å². The minimum absolute atomic E-state index is 0.351. The lowest BCUT2D eigenvalue weighted by atomic mass is 9.99. The zero-order valence-corrected chi connectivity index (χ0v) is 10.9. The number of halogens is 4. The maximum atomic E-state index is 12.5. The molecule has 1 fully saturated rings. The average Bonchev–Trinajstić information content (AvgIpc) is 2.95. The molecular weight excluding hydrogens is 281 g/mol. The molecule has 0 N–H and O–H groups in total. The van der Waals surface area contributed by atoms with Crippen LogP contribution in [0.3, 0.4) is 0 Å². The first-order valence-electron chi connectivity index (χ1n) is 6.18. The minimum atomic E-state index is -4.50. The molecule has 106 valence electrons. The van der Waals surface area contributed by atoms with Crippen molar-refractivity contribution >= 4 is 16.8 Å². The third kappa shape index (κ3) is 3.49. The molecule has 0 unspecified atom stereocenters. The lowest BCUT2D eigenvalue weighted by Crippen LogP contribution is -2.17. The van der Waals surface area contributed by atoms with Crippen molar-refractivity contribution in [2.75, 3.05) is 0 Å². The fourth-order valence-corrected chi connectivity index (χ4v) is 2.75. The second-order valence-electron chi connectivity index (χ2n) is 4.91. The minimum Gasteiger partial charge on any atom is -0.325 e. The maximum absolute atomic E-state index is 12.5. The Morgan fingerprint density at radius 3 is 2.58 bits per heavy atom. The molecule has 2 rings (SSSR count). The number of carbonyl (C=O) groups is 1. The number of rotatable bonds is 4. The van der Waals surface area contributed by atoms with E-state index in [1.54, 1.807) is 0 Å². The lowest BCUT2D eigenvalue weighted by molar-refractivity contribution is -0.141. The second-order valence-corrected chi connectivity index (χ2v) is 5.28. The van der Waals surface area contributed by atoms with Crippen molar-refractivity contribution in [1.82, 2.24) is 9.55 Å². The van der Waals surface area contributed by atoms with Gasteiger partial charge >= 0.3 is 6.18 Å². The topological polar surface area (TPSA) is 34.9 Å². The molecular formula is C12H14ClF3N2O. The van der Waals surface area contributed by atoms with Crippen molar-refractivity contribution in [2.45, 2.75) is 44.3 Å². The molecule has 0 amide bonds. The van der Waals surface area contributed by atoms with Gasteiger partial charge in [0.1, 0.15) is 6.04 Å². The molecule has 0 aromatic carbocycles. The number of aromatic nitrogens is 2. The highest BCUT2D eigenvalue weighted by molar-refractivity contribution is 6.64. The fraction of sp³-hybridized carbons (Fsp3) is 0.667. The van der Waals surface area contributed by atoms with Gasteiger partial charge in [0.05, 0.1) is 6.33 Å². The van der Waals surface area contributed by atoms with Gasteiger partial charge in [-0.25, -0.2) is 4.98 Å². The number of imidazole rings is 1. The van der Waals surface area contributed by atoms with E-state index in [9.17, 15) is 18.0 Å². The summed E-state index contributed by atoms with van der Waals surface area (Å²) in [6.45, 7) is 0. The van der Waals surface area contributed by atoms with Crippen LogP contribution in [0.2, 0.25) is 0 Å². The highest BCUT2D eigenvalue weighted by Crippen LogP contribution is 2.34. The molecule has 0 aliphatic heterocycles. The summed E-state index contributed by atoms with van der Waals surface area (Å²) < 4.78 is 38.6. The largest absolute Gasteiger partial charge is 0.434 e. The Bertz CT molecular complexity index is 452. The number of carbonyl (C=O) groups excluding carboxylic acids is 1. The van der Waals surface area contributed by atoms with E-state index in [1.165, 1.54) is 4.57 Å². The highest BCUT2D eigenvalue weighted by Gasteiger charge is 2.35. The van der Waals surface area contributed by atoms with E-state index in [2.05, 4.69) is 4.98 Å². The summed E-state index contributed by atoms with van der Waals surface area (Å²) in [4.78, 5) is 14.7. The van der Waals surface area contributed by atoms with Crippen LogP contribution in [0.25, 0.3) is 0 Å². The van der Waals surface area contributed by atoms with Gasteiger partial charge in [-0.3, -0.25) is 4.79 Å². The van der Waals surface area contributed by atoms with Crippen molar-refractivity contribution in [1.29, 1.82) is 0 Å². The smallest absolute Gasteiger partial charge is 0.325 e. The van der Waals surface area contributed by atoms with Crippen LogP contribution in [0.1, 0.15) is 43.8 Å². The Balaban J connectivity index is 2.14. The third-order valence-electron chi connectivity index (χ3n) is 3.55. The molecule has 0 bridgehead atoms. The Kier molecular flexibility index (Phi) is 4.18. The Morgan fingerprint density at radius 1 is 1.47 bits per heavy atom. The van der Waals surface area contributed by atoms with Gasteiger partial charge in [0, 0.05) is 6.20 Å². The number of alkyl halides is 3. The Hall–Kier alpha value is -1.04. The molecule has 1 saturated carbocycles. The van der Waals surface area contributed by atoms with Gasteiger partial charge in [-0.1, -0.05) is 25.7 Å². The van der Waals surface area contributed by atoms with Crippen LogP contribution >= 0.6 is 11.6 Å². The predicted octanol–water partition coefficient (Wildman–Crippen LogP) is 3.79. The van der Waals surface area contributed by atoms with Crippen LogP contribution < -0.4 is 0 Å². The maximum Gasteiger partial charge on any atom is 0.434 e. The first kappa shape index (κ1) is 14.4. The number of nitrogens with zero attached hydrogens (tertiary/aromatic N) is 2. The molecule has 19 heavy (non-hydrogen) atoms. The first-order chi connectivity index (χ1) is 8.88. The predicted molar refractivity (Wildman–Crippen MR) is 63.7 cm³/mol. The van der Waals surface area contributed by atoms with Crippen LogP contribution in [-0.4, -0.2) is 14.8 Å². The summed E-state index contributed by atoms with van der Waals surface area (Å²) in [7, 11) is 0. The van der Waals surface area contributed by atoms with E-state index >= 15 is 0 Å². The van der Waals surface area contributed by atoms with Crippen LogP contribution in [0.15, 0.2) is 12.5 Å². The fourth-order valence-electron chi connectivity index (χ4n) is 2.55. The van der Waals surface area contributed by atoms with Gasteiger partial charge in [-0.2, -0.15) is 13.2 Å². The molecule has 1 aliphatic rings. The monoisotopic (exact) mass is 294 g/mol. The summed E-state index contributed by atoms with van der Waals surface area (Å²) in [6, 6.07) is -0.756. The van der Waals surface area contributed by atoms with Gasteiger partial charge in [0.25, 0.3) is 0 Å². The van der Waals surface area contributed by atoms with Crippen molar-refractivity contribution in [3.63, 3.8) is 0 Å². The van der Waals surface area contributed by atoms with Crippen molar-refractivity contribution < 1.29 is 18.0 Å². The average molecular weight is 295 g/mol. The summed E-state index contributed by atoms with van der Waals surface area (Å²) in [6.07, 6.45) is 2.07. The summed E-state index contributed by atoms with van der Waals surface area (Å²) in [5, 5.41) is -0.641. The standard InChI is InChI=1S/C12H14ClF3N2O/c13-11(19)9(5-8-3-1-2-4-8)18-6-10(17-7-18)12(14,15)16/h6-9H,1-5H2/t9-/m0/s1. The van der Waals surface area contributed by atoms with Crippen molar-refractivity contribution in [3.8, 4) is 0 Å². The van der Waals surface area contributed by atoms with Crippen LogP contribution in [0.5, 0.6) is 0 Å². The van der Waals surface area contributed by atoms with Gasteiger partial charge in [0.15, 0.2) is 5.69 Å². The zero-order valence-electron chi connectivity index (χ0n) is 10.2. The van der Waals surface area contributed by atoms with E-state index in [0.717, 1.165) is 38.2 Å². The molecule has 0 radical (unpaired) electrons. The van der Waals surface area contributed by atoms with Crippen LogP contribution in [0, 0.1) is 5.92 Å². The van der Waals surface area contributed by atoms with E-state index in [-0.39, 0.29) is 0 Å². The molecule has 7 heteroatoms. The summed E-state index contributed by atoms with van der Waals surface area (Å²) in [5.41, 5.74) is -0.998. The SMILES string of the molecule is O=C(Cl)[C@H](CC1CCCC1)n1cnc(C(F)(F)F)c1. The molecule has 1 aromatic heterocycles. The summed E-state index contributed by atoms with van der Waals surface area (Å²) in [5.74, 6) is 0.351. The molecule has 1 heterocycles.